The Morgan fingerprint density at radius 2 is 1.65 bits per heavy atom. The molecule has 0 atom stereocenters. The number of rotatable bonds is 3. The molecule has 8 heteroatoms. The van der Waals surface area contributed by atoms with Gasteiger partial charge in [0.05, 0.1) is 0 Å². The third kappa shape index (κ3) is 4.01. The van der Waals surface area contributed by atoms with Gasteiger partial charge >= 0.3 is 6.18 Å². The van der Waals surface area contributed by atoms with E-state index in [9.17, 15) is 13.2 Å². The molecule has 1 saturated heterocycles. The summed E-state index contributed by atoms with van der Waals surface area (Å²) in [7, 11) is 0. The Morgan fingerprint density at radius 1 is 0.957 bits per heavy atom. The summed E-state index contributed by atoms with van der Waals surface area (Å²) in [6.07, 6.45) is -0.761. The third-order valence-corrected chi connectivity index (χ3v) is 3.90. The van der Waals surface area contributed by atoms with E-state index < -0.39 is 12.0 Å². The van der Waals surface area contributed by atoms with Gasteiger partial charge in [0.1, 0.15) is 0 Å². The zero-order valence-electron chi connectivity index (χ0n) is 12.5. The molecule has 5 nitrogen and oxygen atoms in total. The van der Waals surface area contributed by atoms with Crippen molar-refractivity contribution in [3.8, 4) is 0 Å². The second-order valence-corrected chi connectivity index (χ2v) is 5.68. The van der Waals surface area contributed by atoms with Crippen LogP contribution in [0.1, 0.15) is 30.4 Å². The van der Waals surface area contributed by atoms with E-state index in [0.29, 0.717) is 5.56 Å². The monoisotopic (exact) mass is 325 g/mol. The van der Waals surface area contributed by atoms with Crippen LogP contribution in [0, 0.1) is 0 Å². The van der Waals surface area contributed by atoms with Gasteiger partial charge in [0.25, 0.3) is 0 Å². The fourth-order valence-corrected chi connectivity index (χ4v) is 2.67. The minimum Gasteiger partial charge on any atom is -0.299 e. The lowest BCUT2D eigenvalue weighted by Gasteiger charge is -2.26. The number of alkyl halides is 3. The minimum atomic E-state index is -4.54. The Balaban J connectivity index is 1.61. The van der Waals surface area contributed by atoms with Crippen molar-refractivity contribution < 1.29 is 13.2 Å². The zero-order valence-corrected chi connectivity index (χ0v) is 12.5. The third-order valence-electron chi connectivity index (χ3n) is 3.90. The van der Waals surface area contributed by atoms with Gasteiger partial charge in [0.2, 0.25) is 5.84 Å². The number of nitrogens with one attached hydrogen (secondary N) is 2. The van der Waals surface area contributed by atoms with Gasteiger partial charge in [0, 0.05) is 12.1 Å². The predicted octanol–water partition coefficient (Wildman–Crippen LogP) is 2.40. The molecule has 3 rings (SSSR count). The lowest BCUT2D eigenvalue weighted by atomic mass is 10.1. The number of piperidine rings is 1. The van der Waals surface area contributed by atoms with Crippen LogP contribution >= 0.6 is 0 Å². The number of amidine groups is 2. The summed E-state index contributed by atoms with van der Waals surface area (Å²) in [5.41, 5.74) is 6.13. The molecule has 2 aliphatic rings. The molecule has 0 unspecified atom stereocenters. The van der Waals surface area contributed by atoms with E-state index in [2.05, 4.69) is 20.5 Å². The number of nitrogens with zero attached hydrogens (tertiary/aromatic N) is 3. The topological polar surface area (TPSA) is 52.0 Å². The summed E-state index contributed by atoms with van der Waals surface area (Å²) < 4.78 is 37.3. The number of hydrazone groups is 2. The van der Waals surface area contributed by atoms with E-state index >= 15 is 0 Å². The van der Waals surface area contributed by atoms with E-state index in [-0.39, 0.29) is 5.84 Å². The first kappa shape index (κ1) is 15.8. The molecule has 0 aromatic heterocycles. The molecular weight excluding hydrogens is 307 g/mol. The molecule has 1 aromatic carbocycles. The highest BCUT2D eigenvalue weighted by molar-refractivity contribution is 6.02. The lowest BCUT2D eigenvalue weighted by Crippen LogP contribution is -2.42. The molecule has 0 aliphatic carbocycles. The van der Waals surface area contributed by atoms with Crippen LogP contribution in [0.25, 0.3) is 0 Å². The number of hydrogen-bond donors (Lipinski definition) is 2. The molecule has 124 valence electrons. The standard InChI is InChI=1S/C15H18F3N5/c16-15(17,18)14-21-19-13(20-22-14)12-6-4-11(5-7-12)10-23-8-2-1-3-9-23/h4-7H,1-3,8-10H2,(H,19,20)(H,21,22). The van der Waals surface area contributed by atoms with Crippen molar-refractivity contribution in [2.45, 2.75) is 32.0 Å². The van der Waals surface area contributed by atoms with Crippen molar-refractivity contribution in [2.24, 2.45) is 10.2 Å². The van der Waals surface area contributed by atoms with E-state index in [1.165, 1.54) is 24.8 Å². The highest BCUT2D eigenvalue weighted by Gasteiger charge is 2.37. The first-order chi connectivity index (χ1) is 11.0. The molecule has 0 amide bonds. The molecule has 2 N–H and O–H groups in total. The smallest absolute Gasteiger partial charge is 0.299 e. The van der Waals surface area contributed by atoms with Gasteiger partial charge in [-0.3, -0.25) is 15.8 Å². The maximum Gasteiger partial charge on any atom is 0.452 e. The summed E-state index contributed by atoms with van der Waals surface area (Å²) >= 11 is 0. The molecule has 1 aromatic rings. The Hall–Kier alpha value is -2.09. The van der Waals surface area contributed by atoms with Crippen molar-refractivity contribution in [3.63, 3.8) is 0 Å². The van der Waals surface area contributed by atoms with Gasteiger partial charge < -0.3 is 0 Å². The fraction of sp³-hybridized carbons (Fsp3) is 0.467. The number of likely N-dealkylation sites (tertiary alicyclic amines) is 1. The summed E-state index contributed by atoms with van der Waals surface area (Å²) in [6, 6.07) is 7.61. The molecule has 0 spiro atoms. The largest absolute Gasteiger partial charge is 0.452 e. The first-order valence-electron chi connectivity index (χ1n) is 7.58. The molecule has 0 saturated carbocycles. The number of halogens is 3. The Kier molecular flexibility index (Phi) is 4.51. The van der Waals surface area contributed by atoms with E-state index in [4.69, 9.17) is 0 Å². The average molecular weight is 325 g/mol. The molecule has 2 heterocycles. The van der Waals surface area contributed by atoms with Crippen LogP contribution in [-0.4, -0.2) is 35.8 Å². The summed E-state index contributed by atoms with van der Waals surface area (Å²) in [4.78, 5) is 2.41. The minimum absolute atomic E-state index is 0.266. The van der Waals surface area contributed by atoms with Crippen molar-refractivity contribution in [1.29, 1.82) is 0 Å². The second kappa shape index (κ2) is 6.57. The predicted molar refractivity (Wildman–Crippen MR) is 81.9 cm³/mol. The highest BCUT2D eigenvalue weighted by atomic mass is 19.4. The van der Waals surface area contributed by atoms with Gasteiger partial charge in [-0.15, -0.1) is 5.10 Å². The van der Waals surface area contributed by atoms with Crippen LogP contribution in [0.15, 0.2) is 34.5 Å². The van der Waals surface area contributed by atoms with E-state index in [0.717, 1.165) is 19.6 Å². The maximum absolute atomic E-state index is 12.4. The van der Waals surface area contributed by atoms with Crippen LogP contribution in [0.4, 0.5) is 13.2 Å². The van der Waals surface area contributed by atoms with Crippen LogP contribution < -0.4 is 10.9 Å². The Bertz CT molecular complexity index is 601. The van der Waals surface area contributed by atoms with Gasteiger partial charge in [-0.1, -0.05) is 30.7 Å². The van der Waals surface area contributed by atoms with Crippen molar-refractivity contribution in [2.75, 3.05) is 13.1 Å². The van der Waals surface area contributed by atoms with Gasteiger partial charge in [-0.25, -0.2) is 0 Å². The summed E-state index contributed by atoms with van der Waals surface area (Å²) in [6.45, 7) is 3.14. The van der Waals surface area contributed by atoms with Crippen molar-refractivity contribution in [3.05, 3.63) is 35.4 Å². The second-order valence-electron chi connectivity index (χ2n) is 5.68. The number of benzene rings is 1. The van der Waals surface area contributed by atoms with Crippen LogP contribution in [0.2, 0.25) is 0 Å². The summed E-state index contributed by atoms with van der Waals surface area (Å²) in [5.74, 6) is -0.884. The highest BCUT2D eigenvalue weighted by Crippen LogP contribution is 2.17. The molecule has 0 radical (unpaired) electrons. The van der Waals surface area contributed by atoms with E-state index in [1.54, 1.807) is 0 Å². The lowest BCUT2D eigenvalue weighted by molar-refractivity contribution is -0.0623. The zero-order chi connectivity index (χ0) is 16.3. The fourth-order valence-electron chi connectivity index (χ4n) is 2.67. The van der Waals surface area contributed by atoms with Gasteiger partial charge in [0.15, 0.2) is 5.84 Å². The van der Waals surface area contributed by atoms with Gasteiger partial charge in [-0.2, -0.15) is 18.3 Å². The van der Waals surface area contributed by atoms with Crippen LogP contribution in [-0.2, 0) is 6.54 Å². The number of hydrogen-bond acceptors (Lipinski definition) is 5. The average Bonchev–Trinajstić information content (AvgIpc) is 2.56. The Morgan fingerprint density at radius 3 is 2.22 bits per heavy atom. The van der Waals surface area contributed by atoms with Crippen LogP contribution in [0.3, 0.4) is 0 Å². The van der Waals surface area contributed by atoms with Crippen LogP contribution in [0.5, 0.6) is 0 Å². The van der Waals surface area contributed by atoms with Gasteiger partial charge in [-0.05, 0) is 31.5 Å². The summed E-state index contributed by atoms with van der Waals surface area (Å²) in [5, 5.41) is 6.95. The molecule has 1 fully saturated rings. The van der Waals surface area contributed by atoms with Crippen molar-refractivity contribution in [1.82, 2.24) is 15.8 Å². The first-order valence-corrected chi connectivity index (χ1v) is 7.58. The Labute approximate surface area is 132 Å². The molecule has 2 aliphatic heterocycles. The van der Waals surface area contributed by atoms with E-state index in [1.807, 2.05) is 29.7 Å². The molecular formula is C15H18F3N5. The van der Waals surface area contributed by atoms with Crippen molar-refractivity contribution >= 4 is 11.7 Å². The molecule has 0 bridgehead atoms. The molecule has 23 heavy (non-hydrogen) atoms. The quantitative estimate of drug-likeness (QED) is 0.897. The SMILES string of the molecule is FC(F)(F)C1=NNC(c2ccc(CN3CCCCC3)cc2)=NN1. The maximum atomic E-state index is 12.4. The normalized spacial score (nSPS) is 19.4.